The molecule has 0 aromatic carbocycles. The molecule has 2 aliphatic rings. The van der Waals surface area contributed by atoms with Gasteiger partial charge in [-0.3, -0.25) is 9.59 Å². The zero-order valence-electron chi connectivity index (χ0n) is 12.6. The van der Waals surface area contributed by atoms with Crippen molar-refractivity contribution in [3.8, 4) is 0 Å². The van der Waals surface area contributed by atoms with Crippen molar-refractivity contribution in [3.05, 3.63) is 0 Å². The van der Waals surface area contributed by atoms with Gasteiger partial charge in [0.1, 0.15) is 6.04 Å². The number of nitrogens with one attached hydrogen (secondary N) is 3. The maximum absolute atomic E-state index is 12.5. The average molecular weight is 281 g/mol. The SMILES string of the molecule is CC(=O)NC(C(=O)NC1CCNC(C)C1)C1CCCC1. The van der Waals surface area contributed by atoms with E-state index in [1.165, 1.54) is 19.8 Å². The minimum Gasteiger partial charge on any atom is -0.351 e. The Balaban J connectivity index is 1.92. The van der Waals surface area contributed by atoms with Crippen molar-refractivity contribution in [1.82, 2.24) is 16.0 Å². The van der Waals surface area contributed by atoms with Crippen LogP contribution in [-0.2, 0) is 9.59 Å². The van der Waals surface area contributed by atoms with E-state index in [9.17, 15) is 9.59 Å². The van der Waals surface area contributed by atoms with E-state index in [1.54, 1.807) is 0 Å². The van der Waals surface area contributed by atoms with Crippen molar-refractivity contribution in [2.24, 2.45) is 5.92 Å². The van der Waals surface area contributed by atoms with Crippen LogP contribution in [0.3, 0.4) is 0 Å². The maximum Gasteiger partial charge on any atom is 0.243 e. The summed E-state index contributed by atoms with van der Waals surface area (Å²) in [5, 5.41) is 9.37. The summed E-state index contributed by atoms with van der Waals surface area (Å²) < 4.78 is 0. The van der Waals surface area contributed by atoms with Crippen molar-refractivity contribution >= 4 is 11.8 Å². The van der Waals surface area contributed by atoms with Gasteiger partial charge in [0.2, 0.25) is 11.8 Å². The monoisotopic (exact) mass is 281 g/mol. The van der Waals surface area contributed by atoms with Crippen molar-refractivity contribution in [2.45, 2.75) is 70.5 Å². The molecule has 2 rings (SSSR count). The predicted molar refractivity (Wildman–Crippen MR) is 78.2 cm³/mol. The molecule has 1 saturated heterocycles. The van der Waals surface area contributed by atoms with Gasteiger partial charge in [-0.2, -0.15) is 0 Å². The molecule has 5 heteroatoms. The number of amides is 2. The van der Waals surface area contributed by atoms with E-state index < -0.39 is 0 Å². The fourth-order valence-corrected chi connectivity index (χ4v) is 3.46. The van der Waals surface area contributed by atoms with E-state index in [0.717, 1.165) is 32.2 Å². The molecule has 20 heavy (non-hydrogen) atoms. The molecule has 3 atom stereocenters. The molecule has 1 saturated carbocycles. The van der Waals surface area contributed by atoms with Gasteiger partial charge in [0, 0.05) is 19.0 Å². The van der Waals surface area contributed by atoms with E-state index in [4.69, 9.17) is 0 Å². The highest BCUT2D eigenvalue weighted by Crippen LogP contribution is 2.28. The predicted octanol–water partition coefficient (Wildman–Crippen LogP) is 0.938. The molecule has 114 valence electrons. The zero-order chi connectivity index (χ0) is 14.5. The molecule has 3 N–H and O–H groups in total. The van der Waals surface area contributed by atoms with Crippen LogP contribution >= 0.6 is 0 Å². The molecule has 5 nitrogen and oxygen atoms in total. The van der Waals surface area contributed by atoms with Gasteiger partial charge in [0.25, 0.3) is 0 Å². The first-order valence-electron chi connectivity index (χ1n) is 7.87. The normalized spacial score (nSPS) is 28.9. The van der Waals surface area contributed by atoms with Crippen LogP contribution in [0.1, 0.15) is 52.4 Å². The van der Waals surface area contributed by atoms with E-state index in [1.807, 2.05) is 0 Å². The Morgan fingerprint density at radius 1 is 1.20 bits per heavy atom. The van der Waals surface area contributed by atoms with Crippen molar-refractivity contribution < 1.29 is 9.59 Å². The Hall–Kier alpha value is -1.10. The Morgan fingerprint density at radius 3 is 2.50 bits per heavy atom. The van der Waals surface area contributed by atoms with Crippen molar-refractivity contribution in [1.29, 1.82) is 0 Å². The molecule has 0 radical (unpaired) electrons. The summed E-state index contributed by atoms with van der Waals surface area (Å²) in [7, 11) is 0. The average Bonchev–Trinajstić information content (AvgIpc) is 2.89. The van der Waals surface area contributed by atoms with Crippen molar-refractivity contribution in [3.63, 3.8) is 0 Å². The van der Waals surface area contributed by atoms with Crippen LogP contribution in [0.4, 0.5) is 0 Å². The summed E-state index contributed by atoms with van der Waals surface area (Å²) in [6.45, 7) is 4.57. The molecule has 2 amide bonds. The van der Waals surface area contributed by atoms with Crippen molar-refractivity contribution in [2.75, 3.05) is 6.54 Å². The third-order valence-electron chi connectivity index (χ3n) is 4.48. The third-order valence-corrected chi connectivity index (χ3v) is 4.48. The topological polar surface area (TPSA) is 70.2 Å². The standard InChI is InChI=1S/C15H27N3O2/c1-10-9-13(7-8-16-10)18-15(20)14(17-11(2)19)12-5-3-4-6-12/h10,12-14,16H,3-9H2,1-2H3,(H,17,19)(H,18,20). The van der Waals surface area contributed by atoms with Crippen LogP contribution in [0.5, 0.6) is 0 Å². The first-order chi connectivity index (χ1) is 9.56. The number of carbonyl (C=O) groups is 2. The summed E-state index contributed by atoms with van der Waals surface area (Å²) in [4.78, 5) is 23.9. The van der Waals surface area contributed by atoms with Gasteiger partial charge < -0.3 is 16.0 Å². The lowest BCUT2D eigenvalue weighted by atomic mass is 9.95. The van der Waals surface area contributed by atoms with Gasteiger partial charge in [-0.25, -0.2) is 0 Å². The largest absolute Gasteiger partial charge is 0.351 e. The van der Waals surface area contributed by atoms with Gasteiger partial charge in [-0.05, 0) is 45.1 Å². The van der Waals surface area contributed by atoms with Crippen LogP contribution in [0.2, 0.25) is 0 Å². The summed E-state index contributed by atoms with van der Waals surface area (Å²) in [6.07, 6.45) is 6.34. The quantitative estimate of drug-likeness (QED) is 0.718. The number of rotatable bonds is 4. The molecule has 1 aliphatic heterocycles. The fraction of sp³-hybridized carbons (Fsp3) is 0.867. The maximum atomic E-state index is 12.5. The van der Waals surface area contributed by atoms with Gasteiger partial charge in [0.15, 0.2) is 0 Å². The highest BCUT2D eigenvalue weighted by atomic mass is 16.2. The lowest BCUT2D eigenvalue weighted by molar-refractivity contribution is -0.130. The highest BCUT2D eigenvalue weighted by molar-refractivity contribution is 5.87. The molecular weight excluding hydrogens is 254 g/mol. The molecule has 1 aliphatic carbocycles. The smallest absolute Gasteiger partial charge is 0.243 e. The summed E-state index contributed by atoms with van der Waals surface area (Å²) in [6, 6.07) is 0.330. The number of hydrogen-bond donors (Lipinski definition) is 3. The first-order valence-corrected chi connectivity index (χ1v) is 7.87. The second kappa shape index (κ2) is 7.07. The van der Waals surface area contributed by atoms with E-state index in [-0.39, 0.29) is 23.9 Å². The highest BCUT2D eigenvalue weighted by Gasteiger charge is 2.32. The molecular formula is C15H27N3O2. The van der Waals surface area contributed by atoms with Gasteiger partial charge in [-0.1, -0.05) is 12.8 Å². The first kappa shape index (κ1) is 15.3. The summed E-state index contributed by atoms with van der Waals surface area (Å²) in [5.41, 5.74) is 0. The van der Waals surface area contributed by atoms with Crippen LogP contribution in [-0.4, -0.2) is 36.5 Å². The second-order valence-corrected chi connectivity index (χ2v) is 6.31. The molecule has 0 spiro atoms. The van der Waals surface area contributed by atoms with E-state index in [0.29, 0.717) is 12.0 Å². The summed E-state index contributed by atoms with van der Waals surface area (Å²) >= 11 is 0. The number of hydrogen-bond acceptors (Lipinski definition) is 3. The van der Waals surface area contributed by atoms with E-state index >= 15 is 0 Å². The van der Waals surface area contributed by atoms with Gasteiger partial charge in [0.05, 0.1) is 0 Å². The third kappa shape index (κ3) is 4.20. The molecule has 0 bridgehead atoms. The Morgan fingerprint density at radius 2 is 1.90 bits per heavy atom. The van der Waals surface area contributed by atoms with Crippen LogP contribution in [0.25, 0.3) is 0 Å². The fourth-order valence-electron chi connectivity index (χ4n) is 3.46. The molecule has 3 unspecified atom stereocenters. The van der Waals surface area contributed by atoms with Crippen LogP contribution in [0.15, 0.2) is 0 Å². The minimum absolute atomic E-state index is 0.00574. The van der Waals surface area contributed by atoms with E-state index in [2.05, 4.69) is 22.9 Å². The molecule has 0 aromatic rings. The Kier molecular flexibility index (Phi) is 5.40. The number of carbonyl (C=O) groups excluding carboxylic acids is 2. The Bertz CT molecular complexity index is 353. The van der Waals surface area contributed by atoms with Gasteiger partial charge in [-0.15, -0.1) is 0 Å². The Labute approximate surface area is 121 Å². The molecule has 0 aromatic heterocycles. The van der Waals surface area contributed by atoms with Crippen LogP contribution < -0.4 is 16.0 Å². The summed E-state index contributed by atoms with van der Waals surface area (Å²) in [5.74, 6) is 0.194. The molecule has 2 fully saturated rings. The zero-order valence-corrected chi connectivity index (χ0v) is 12.6. The lowest BCUT2D eigenvalue weighted by Crippen LogP contribution is -2.54. The molecule has 1 heterocycles. The van der Waals surface area contributed by atoms with Crippen LogP contribution in [0, 0.1) is 5.92 Å². The number of piperidine rings is 1. The lowest BCUT2D eigenvalue weighted by Gasteiger charge is -2.31. The second-order valence-electron chi connectivity index (χ2n) is 6.31. The van der Waals surface area contributed by atoms with Gasteiger partial charge >= 0.3 is 0 Å². The minimum atomic E-state index is -0.347.